The molecule has 11 heavy (non-hydrogen) atoms. The van der Waals surface area contributed by atoms with Crippen molar-refractivity contribution in [3.8, 4) is 0 Å². The molecule has 3 nitrogen and oxygen atoms in total. The van der Waals surface area contributed by atoms with Crippen LogP contribution in [0.1, 0.15) is 5.56 Å². The Hall–Kier alpha value is -1.38. The lowest BCUT2D eigenvalue weighted by Gasteiger charge is -1.97. The lowest BCUT2D eigenvalue weighted by molar-refractivity contribution is -0.128. The van der Waals surface area contributed by atoms with Crippen LogP contribution in [0.25, 0.3) is 0 Å². The van der Waals surface area contributed by atoms with E-state index in [1.165, 1.54) is 0 Å². The third-order valence-electron chi connectivity index (χ3n) is 1.33. The zero-order chi connectivity index (χ0) is 7.94. The highest BCUT2D eigenvalue weighted by molar-refractivity contribution is 5.36. The van der Waals surface area contributed by atoms with Crippen LogP contribution in [0.4, 0.5) is 0 Å². The summed E-state index contributed by atoms with van der Waals surface area (Å²) in [5.74, 6) is 0. The predicted molar refractivity (Wildman–Crippen MR) is 40.0 cm³/mol. The van der Waals surface area contributed by atoms with Gasteiger partial charge in [0.2, 0.25) is 0 Å². The molecule has 3 heteroatoms. The SMILES string of the molecule is O=COCCc1ccncc1. The fourth-order valence-corrected chi connectivity index (χ4v) is 0.774. The van der Waals surface area contributed by atoms with Gasteiger partial charge in [0.1, 0.15) is 0 Å². The van der Waals surface area contributed by atoms with E-state index in [9.17, 15) is 4.79 Å². The van der Waals surface area contributed by atoms with Crippen molar-refractivity contribution in [1.82, 2.24) is 4.98 Å². The van der Waals surface area contributed by atoms with E-state index in [1.807, 2.05) is 12.1 Å². The van der Waals surface area contributed by atoms with E-state index in [0.717, 1.165) is 12.0 Å². The molecule has 0 amide bonds. The summed E-state index contributed by atoms with van der Waals surface area (Å²) in [7, 11) is 0. The maximum Gasteiger partial charge on any atom is 0.293 e. The lowest BCUT2D eigenvalue weighted by atomic mass is 10.2. The molecular weight excluding hydrogens is 142 g/mol. The van der Waals surface area contributed by atoms with E-state index in [-0.39, 0.29) is 0 Å². The molecule has 0 atom stereocenters. The third kappa shape index (κ3) is 2.80. The summed E-state index contributed by atoms with van der Waals surface area (Å²) in [4.78, 5) is 13.6. The van der Waals surface area contributed by atoms with Gasteiger partial charge in [-0.1, -0.05) is 0 Å². The highest BCUT2D eigenvalue weighted by atomic mass is 16.5. The minimum absolute atomic E-state index is 0.438. The second kappa shape index (κ2) is 4.44. The minimum Gasteiger partial charge on any atom is -0.468 e. The van der Waals surface area contributed by atoms with Gasteiger partial charge >= 0.3 is 0 Å². The van der Waals surface area contributed by atoms with Gasteiger partial charge in [-0.05, 0) is 17.7 Å². The highest BCUT2D eigenvalue weighted by Gasteiger charge is 1.89. The van der Waals surface area contributed by atoms with Crippen LogP contribution < -0.4 is 0 Å². The van der Waals surface area contributed by atoms with Gasteiger partial charge in [0, 0.05) is 18.8 Å². The first kappa shape index (κ1) is 7.72. The van der Waals surface area contributed by atoms with Crippen LogP contribution >= 0.6 is 0 Å². The second-order valence-electron chi connectivity index (χ2n) is 2.07. The molecule has 0 unspecified atom stereocenters. The van der Waals surface area contributed by atoms with Gasteiger partial charge in [-0.3, -0.25) is 9.78 Å². The maximum absolute atomic E-state index is 9.76. The van der Waals surface area contributed by atoms with E-state index in [0.29, 0.717) is 13.1 Å². The molecule has 0 aliphatic carbocycles. The molecule has 0 spiro atoms. The van der Waals surface area contributed by atoms with E-state index < -0.39 is 0 Å². The summed E-state index contributed by atoms with van der Waals surface area (Å²) < 4.78 is 4.54. The number of aromatic nitrogens is 1. The Kier molecular flexibility index (Phi) is 3.12. The monoisotopic (exact) mass is 151 g/mol. The highest BCUT2D eigenvalue weighted by Crippen LogP contribution is 1.96. The van der Waals surface area contributed by atoms with Crippen LogP contribution in [-0.2, 0) is 16.0 Å². The van der Waals surface area contributed by atoms with Crippen LogP contribution in [0.15, 0.2) is 24.5 Å². The van der Waals surface area contributed by atoms with Gasteiger partial charge < -0.3 is 4.74 Å². The Morgan fingerprint density at radius 1 is 1.45 bits per heavy atom. The first-order valence-corrected chi connectivity index (χ1v) is 3.37. The normalized spacial score (nSPS) is 9.09. The van der Waals surface area contributed by atoms with Crippen LogP contribution in [0.3, 0.4) is 0 Å². The summed E-state index contributed by atoms with van der Waals surface area (Å²) in [6, 6.07) is 3.79. The summed E-state index contributed by atoms with van der Waals surface area (Å²) in [5.41, 5.74) is 1.13. The van der Waals surface area contributed by atoms with Gasteiger partial charge in [-0.15, -0.1) is 0 Å². The number of pyridine rings is 1. The maximum atomic E-state index is 9.76. The average Bonchev–Trinajstić information content (AvgIpc) is 2.07. The standard InChI is InChI=1S/C8H9NO2/c10-7-11-6-3-8-1-4-9-5-2-8/h1-2,4-5,7H,3,6H2. The zero-order valence-corrected chi connectivity index (χ0v) is 6.06. The quantitative estimate of drug-likeness (QED) is 0.472. The summed E-state index contributed by atoms with van der Waals surface area (Å²) >= 11 is 0. The molecule has 0 bridgehead atoms. The van der Waals surface area contributed by atoms with Crippen molar-refractivity contribution >= 4 is 6.47 Å². The van der Waals surface area contributed by atoms with Crippen molar-refractivity contribution in [2.75, 3.05) is 6.61 Å². The van der Waals surface area contributed by atoms with E-state index in [4.69, 9.17) is 0 Å². The Morgan fingerprint density at radius 3 is 2.82 bits per heavy atom. The van der Waals surface area contributed by atoms with Crippen LogP contribution in [-0.4, -0.2) is 18.1 Å². The number of hydrogen-bond acceptors (Lipinski definition) is 3. The Labute approximate surface area is 65.0 Å². The number of carbonyl (C=O) groups excluding carboxylic acids is 1. The molecule has 1 aromatic rings. The van der Waals surface area contributed by atoms with Gasteiger partial charge in [0.15, 0.2) is 0 Å². The second-order valence-corrected chi connectivity index (χ2v) is 2.07. The van der Waals surface area contributed by atoms with Crippen LogP contribution in [0, 0.1) is 0 Å². The van der Waals surface area contributed by atoms with E-state index in [2.05, 4.69) is 9.72 Å². The predicted octanol–water partition coefficient (Wildman–Crippen LogP) is 0.797. The van der Waals surface area contributed by atoms with E-state index in [1.54, 1.807) is 12.4 Å². The van der Waals surface area contributed by atoms with Crippen LogP contribution in [0.2, 0.25) is 0 Å². The molecule has 0 aliphatic heterocycles. The summed E-state index contributed by atoms with van der Waals surface area (Å²) in [6.07, 6.45) is 4.19. The van der Waals surface area contributed by atoms with Gasteiger partial charge in [0.25, 0.3) is 6.47 Å². The Morgan fingerprint density at radius 2 is 2.18 bits per heavy atom. The number of ether oxygens (including phenoxy) is 1. The number of carbonyl (C=O) groups is 1. The molecule has 0 saturated carbocycles. The molecule has 0 aliphatic rings. The molecule has 0 saturated heterocycles. The number of rotatable bonds is 4. The minimum atomic E-state index is 0.438. The molecule has 0 N–H and O–H groups in total. The van der Waals surface area contributed by atoms with Crippen molar-refractivity contribution in [3.63, 3.8) is 0 Å². The number of hydrogen-bond donors (Lipinski definition) is 0. The first-order valence-electron chi connectivity index (χ1n) is 3.37. The van der Waals surface area contributed by atoms with Gasteiger partial charge in [-0.2, -0.15) is 0 Å². The van der Waals surface area contributed by atoms with Crippen molar-refractivity contribution < 1.29 is 9.53 Å². The summed E-state index contributed by atoms with van der Waals surface area (Å²) in [5, 5.41) is 0. The summed E-state index contributed by atoms with van der Waals surface area (Å²) in [6.45, 7) is 0.898. The Balaban J connectivity index is 2.33. The first-order chi connectivity index (χ1) is 5.43. The van der Waals surface area contributed by atoms with Crippen molar-refractivity contribution in [3.05, 3.63) is 30.1 Å². The topological polar surface area (TPSA) is 39.2 Å². The average molecular weight is 151 g/mol. The zero-order valence-electron chi connectivity index (χ0n) is 6.06. The van der Waals surface area contributed by atoms with E-state index >= 15 is 0 Å². The van der Waals surface area contributed by atoms with Gasteiger partial charge in [0.05, 0.1) is 6.61 Å². The lowest BCUT2D eigenvalue weighted by Crippen LogP contribution is -1.96. The molecule has 1 rings (SSSR count). The molecule has 0 radical (unpaired) electrons. The number of nitrogens with zero attached hydrogens (tertiary/aromatic N) is 1. The molecule has 0 aromatic carbocycles. The Bertz CT molecular complexity index is 211. The molecule has 58 valence electrons. The van der Waals surface area contributed by atoms with Crippen molar-refractivity contribution in [1.29, 1.82) is 0 Å². The molecular formula is C8H9NO2. The third-order valence-corrected chi connectivity index (χ3v) is 1.33. The van der Waals surface area contributed by atoms with Crippen LogP contribution in [0.5, 0.6) is 0 Å². The smallest absolute Gasteiger partial charge is 0.293 e. The van der Waals surface area contributed by atoms with Crippen molar-refractivity contribution in [2.24, 2.45) is 0 Å². The molecule has 1 heterocycles. The molecule has 1 aromatic heterocycles. The van der Waals surface area contributed by atoms with Crippen molar-refractivity contribution in [2.45, 2.75) is 6.42 Å². The fraction of sp³-hybridized carbons (Fsp3) is 0.250. The van der Waals surface area contributed by atoms with Gasteiger partial charge in [-0.25, -0.2) is 0 Å². The fourth-order valence-electron chi connectivity index (χ4n) is 0.774. The molecule has 0 fully saturated rings. The largest absolute Gasteiger partial charge is 0.468 e.